The highest BCUT2D eigenvalue weighted by molar-refractivity contribution is 9.10. The van der Waals surface area contributed by atoms with Crippen LogP contribution in [-0.4, -0.2) is 6.18 Å². The molecule has 0 radical (unpaired) electrons. The Morgan fingerprint density at radius 3 is 2.41 bits per heavy atom. The molecule has 0 saturated heterocycles. The molecule has 0 amide bonds. The smallest absolute Gasteiger partial charge is 0.207 e. The SMILES string of the molecule is Fc1cc(Br)c(Cl)cc1C(Br)CCC(F)(F)F. The van der Waals surface area contributed by atoms with Crippen LogP contribution in [0.25, 0.3) is 0 Å². The number of benzene rings is 1. The Hall–Kier alpha value is 0.190. The van der Waals surface area contributed by atoms with E-state index in [4.69, 9.17) is 11.6 Å². The fraction of sp³-hybridized carbons (Fsp3) is 0.400. The van der Waals surface area contributed by atoms with Gasteiger partial charge in [-0.05, 0) is 34.5 Å². The minimum absolute atomic E-state index is 0.127. The molecule has 0 bridgehead atoms. The normalized spacial score (nSPS) is 13.8. The van der Waals surface area contributed by atoms with Gasteiger partial charge in [0.15, 0.2) is 0 Å². The van der Waals surface area contributed by atoms with E-state index in [9.17, 15) is 17.6 Å². The zero-order valence-electron chi connectivity index (χ0n) is 8.29. The maximum Gasteiger partial charge on any atom is 0.389 e. The van der Waals surface area contributed by atoms with Gasteiger partial charge in [-0.1, -0.05) is 27.5 Å². The molecule has 0 aliphatic carbocycles. The van der Waals surface area contributed by atoms with Crippen LogP contribution < -0.4 is 0 Å². The lowest BCUT2D eigenvalue weighted by Crippen LogP contribution is -2.08. The van der Waals surface area contributed by atoms with Crippen molar-refractivity contribution in [3.05, 3.63) is 33.0 Å². The first-order valence-corrected chi connectivity index (χ1v) is 6.64. The first kappa shape index (κ1) is 15.2. The molecule has 0 aliphatic rings. The average molecular weight is 398 g/mol. The van der Waals surface area contributed by atoms with E-state index >= 15 is 0 Å². The second-order valence-electron chi connectivity index (χ2n) is 3.41. The summed E-state index contributed by atoms with van der Waals surface area (Å²) in [4.78, 5) is -0.713. The predicted octanol–water partition coefficient (Wildman–Crippen LogP) is 6.02. The number of hydrogen-bond donors (Lipinski definition) is 0. The van der Waals surface area contributed by atoms with Gasteiger partial charge in [0, 0.05) is 21.3 Å². The maximum absolute atomic E-state index is 13.5. The quantitative estimate of drug-likeness (QED) is 0.332. The van der Waals surface area contributed by atoms with Crippen LogP contribution in [0.1, 0.15) is 23.2 Å². The van der Waals surface area contributed by atoms with Crippen molar-refractivity contribution in [3.8, 4) is 0 Å². The lowest BCUT2D eigenvalue weighted by atomic mass is 10.1. The number of halogens is 7. The molecule has 0 fully saturated rings. The van der Waals surface area contributed by atoms with Crippen molar-refractivity contribution < 1.29 is 17.6 Å². The van der Waals surface area contributed by atoms with Gasteiger partial charge in [-0.15, -0.1) is 0 Å². The summed E-state index contributed by atoms with van der Waals surface area (Å²) in [7, 11) is 0. The lowest BCUT2D eigenvalue weighted by Gasteiger charge is -2.13. The van der Waals surface area contributed by atoms with Gasteiger partial charge in [0.1, 0.15) is 5.82 Å². The van der Waals surface area contributed by atoms with Crippen molar-refractivity contribution in [3.63, 3.8) is 0 Å². The van der Waals surface area contributed by atoms with E-state index in [0.29, 0.717) is 4.47 Å². The monoisotopic (exact) mass is 396 g/mol. The van der Waals surface area contributed by atoms with E-state index < -0.39 is 23.2 Å². The van der Waals surface area contributed by atoms with Gasteiger partial charge in [0.05, 0.1) is 5.02 Å². The lowest BCUT2D eigenvalue weighted by molar-refractivity contribution is -0.135. The van der Waals surface area contributed by atoms with Gasteiger partial charge < -0.3 is 0 Å². The largest absolute Gasteiger partial charge is 0.389 e. The molecule has 1 rings (SSSR count). The van der Waals surface area contributed by atoms with E-state index in [1.807, 2.05) is 0 Å². The molecule has 0 aliphatic heterocycles. The maximum atomic E-state index is 13.5. The molecule has 0 saturated carbocycles. The van der Waals surface area contributed by atoms with E-state index in [1.54, 1.807) is 0 Å². The van der Waals surface area contributed by atoms with Crippen molar-refractivity contribution >= 4 is 43.5 Å². The summed E-state index contributed by atoms with van der Waals surface area (Å²) in [6, 6.07) is 2.45. The van der Waals surface area contributed by atoms with Gasteiger partial charge >= 0.3 is 6.18 Å². The third-order valence-electron chi connectivity index (χ3n) is 2.06. The molecule has 0 spiro atoms. The van der Waals surface area contributed by atoms with Crippen molar-refractivity contribution in [1.82, 2.24) is 0 Å². The fourth-order valence-electron chi connectivity index (χ4n) is 1.22. The van der Waals surface area contributed by atoms with Crippen LogP contribution in [0.4, 0.5) is 17.6 Å². The summed E-state index contributed by atoms with van der Waals surface area (Å²) in [5.74, 6) is -0.592. The van der Waals surface area contributed by atoms with E-state index in [0.717, 1.165) is 6.07 Å². The van der Waals surface area contributed by atoms with Gasteiger partial charge in [-0.3, -0.25) is 0 Å². The Morgan fingerprint density at radius 1 is 1.29 bits per heavy atom. The van der Waals surface area contributed by atoms with Crippen molar-refractivity contribution in [2.75, 3.05) is 0 Å². The van der Waals surface area contributed by atoms with Gasteiger partial charge in [-0.2, -0.15) is 13.2 Å². The van der Waals surface area contributed by atoms with Crippen LogP contribution in [0.3, 0.4) is 0 Å². The summed E-state index contributed by atoms with van der Waals surface area (Å²) in [5.41, 5.74) is 0.127. The Labute approximate surface area is 118 Å². The second-order valence-corrected chi connectivity index (χ2v) is 5.78. The van der Waals surface area contributed by atoms with Crippen LogP contribution in [0.5, 0.6) is 0 Å². The van der Waals surface area contributed by atoms with E-state index in [1.165, 1.54) is 6.07 Å². The minimum Gasteiger partial charge on any atom is -0.207 e. The van der Waals surface area contributed by atoms with Crippen LogP contribution in [0.2, 0.25) is 5.02 Å². The topological polar surface area (TPSA) is 0 Å². The molecule has 1 aromatic carbocycles. The van der Waals surface area contributed by atoms with Gasteiger partial charge in [-0.25, -0.2) is 4.39 Å². The third-order valence-corrected chi connectivity index (χ3v) is 4.21. The molecule has 1 atom stereocenters. The molecule has 0 N–H and O–H groups in total. The summed E-state index contributed by atoms with van der Waals surface area (Å²) in [6.45, 7) is 0. The first-order valence-electron chi connectivity index (χ1n) is 4.56. The Morgan fingerprint density at radius 2 is 1.88 bits per heavy atom. The summed E-state index contributed by atoms with van der Waals surface area (Å²) in [5, 5.41) is 0.262. The van der Waals surface area contributed by atoms with Crippen molar-refractivity contribution in [2.45, 2.75) is 23.8 Å². The molecular weight excluding hydrogens is 391 g/mol. The molecular formula is C10H7Br2ClF4. The first-order chi connectivity index (χ1) is 7.70. The zero-order valence-corrected chi connectivity index (χ0v) is 12.2. The highest BCUT2D eigenvalue weighted by atomic mass is 79.9. The molecule has 0 aromatic heterocycles. The molecule has 96 valence electrons. The summed E-state index contributed by atoms with van der Waals surface area (Å²) >= 11 is 11.8. The number of rotatable bonds is 3. The van der Waals surface area contributed by atoms with Gasteiger partial charge in [0.2, 0.25) is 0 Å². The minimum atomic E-state index is -4.25. The predicted molar refractivity (Wildman–Crippen MR) is 66.1 cm³/mol. The van der Waals surface area contributed by atoms with E-state index in [-0.39, 0.29) is 17.0 Å². The second kappa shape index (κ2) is 5.89. The van der Waals surface area contributed by atoms with E-state index in [2.05, 4.69) is 31.9 Å². The fourth-order valence-corrected chi connectivity index (χ4v) is 2.29. The number of hydrogen-bond acceptors (Lipinski definition) is 0. The molecule has 1 aromatic rings. The standard InChI is InChI=1S/C10H7Br2ClF4/c11-6(1-2-10(15,16)17)5-3-8(13)7(12)4-9(5)14/h3-4,6H,1-2H2. The molecule has 17 heavy (non-hydrogen) atoms. The van der Waals surface area contributed by atoms with Crippen molar-refractivity contribution in [1.29, 1.82) is 0 Å². The number of alkyl halides is 4. The zero-order chi connectivity index (χ0) is 13.2. The van der Waals surface area contributed by atoms with Crippen LogP contribution in [0.15, 0.2) is 16.6 Å². The highest BCUT2D eigenvalue weighted by Crippen LogP contribution is 2.37. The Balaban J connectivity index is 2.82. The summed E-state index contributed by atoms with van der Waals surface area (Å²) < 4.78 is 50.0. The summed E-state index contributed by atoms with van der Waals surface area (Å²) in [6.07, 6.45) is -5.46. The molecule has 0 heterocycles. The van der Waals surface area contributed by atoms with Gasteiger partial charge in [0.25, 0.3) is 0 Å². The molecule has 7 heteroatoms. The molecule has 0 nitrogen and oxygen atoms in total. The van der Waals surface area contributed by atoms with Crippen molar-refractivity contribution in [2.24, 2.45) is 0 Å². The molecule has 1 unspecified atom stereocenters. The Kier molecular flexibility index (Phi) is 5.28. The highest BCUT2D eigenvalue weighted by Gasteiger charge is 2.28. The Bertz CT molecular complexity index is 406. The van der Waals surface area contributed by atoms with Crippen LogP contribution >= 0.6 is 43.5 Å². The third kappa shape index (κ3) is 4.75. The van der Waals surface area contributed by atoms with Crippen LogP contribution in [0, 0.1) is 5.82 Å². The average Bonchev–Trinajstić information content (AvgIpc) is 2.19. The van der Waals surface area contributed by atoms with Crippen LogP contribution in [-0.2, 0) is 0 Å².